The number of halogens is 1. The molecule has 0 N–H and O–H groups in total. The number of anilines is 1. The largest absolute Gasteiger partial charge is 0.485 e. The van der Waals surface area contributed by atoms with E-state index in [2.05, 4.69) is 15.9 Å². The fraction of sp³-hybridized carbons (Fsp3) is 0.130. The number of para-hydroxylation sites is 2. The summed E-state index contributed by atoms with van der Waals surface area (Å²) in [5, 5.41) is 0. The SMILES string of the molecule is CN(C(=O)c1ccccc1OCC(=O)Cc1ccc(Br)cc1)c1ccccc1. The Balaban J connectivity index is 1.67. The smallest absolute Gasteiger partial charge is 0.261 e. The van der Waals surface area contributed by atoms with E-state index in [4.69, 9.17) is 4.74 Å². The Morgan fingerprint density at radius 3 is 2.25 bits per heavy atom. The van der Waals surface area contributed by atoms with Crippen molar-refractivity contribution in [2.45, 2.75) is 6.42 Å². The molecule has 0 aliphatic heterocycles. The molecule has 0 fully saturated rings. The third kappa shape index (κ3) is 5.08. The van der Waals surface area contributed by atoms with E-state index in [1.54, 1.807) is 36.2 Å². The molecular weight excluding hydrogens is 418 g/mol. The Morgan fingerprint density at radius 1 is 0.893 bits per heavy atom. The van der Waals surface area contributed by atoms with Crippen molar-refractivity contribution in [3.05, 3.63) is 94.5 Å². The lowest BCUT2D eigenvalue weighted by molar-refractivity contribution is -0.120. The maximum Gasteiger partial charge on any atom is 0.261 e. The number of hydrogen-bond acceptors (Lipinski definition) is 3. The van der Waals surface area contributed by atoms with Crippen LogP contribution in [-0.4, -0.2) is 25.3 Å². The summed E-state index contributed by atoms with van der Waals surface area (Å²) in [6.45, 7) is -0.0879. The molecule has 1 amide bonds. The Labute approximate surface area is 172 Å². The van der Waals surface area contributed by atoms with E-state index in [0.717, 1.165) is 15.7 Å². The van der Waals surface area contributed by atoms with Crippen LogP contribution in [0.1, 0.15) is 15.9 Å². The van der Waals surface area contributed by atoms with E-state index < -0.39 is 0 Å². The first-order valence-electron chi connectivity index (χ1n) is 8.85. The molecule has 0 bridgehead atoms. The lowest BCUT2D eigenvalue weighted by Crippen LogP contribution is -2.27. The third-order valence-corrected chi connectivity index (χ3v) is 4.80. The third-order valence-electron chi connectivity index (χ3n) is 4.27. The van der Waals surface area contributed by atoms with Crippen molar-refractivity contribution in [3.8, 4) is 5.75 Å². The van der Waals surface area contributed by atoms with Crippen LogP contribution in [0.5, 0.6) is 5.75 Å². The number of Topliss-reactive ketones (excluding diaryl/α,β-unsaturated/α-hetero) is 1. The molecule has 3 aromatic rings. The zero-order chi connectivity index (χ0) is 19.9. The first-order valence-corrected chi connectivity index (χ1v) is 9.65. The molecule has 0 atom stereocenters. The molecule has 0 unspecified atom stereocenters. The Bertz CT molecular complexity index is 955. The van der Waals surface area contributed by atoms with Crippen molar-refractivity contribution in [3.63, 3.8) is 0 Å². The van der Waals surface area contributed by atoms with Gasteiger partial charge in [0.1, 0.15) is 12.4 Å². The van der Waals surface area contributed by atoms with Gasteiger partial charge in [-0.3, -0.25) is 9.59 Å². The predicted molar refractivity (Wildman–Crippen MR) is 114 cm³/mol. The number of nitrogens with zero attached hydrogens (tertiary/aromatic N) is 1. The highest BCUT2D eigenvalue weighted by Gasteiger charge is 2.18. The van der Waals surface area contributed by atoms with Crippen LogP contribution in [-0.2, 0) is 11.2 Å². The summed E-state index contributed by atoms with van der Waals surface area (Å²) >= 11 is 3.38. The summed E-state index contributed by atoms with van der Waals surface area (Å²) in [6.07, 6.45) is 0.285. The first kappa shape index (κ1) is 19.8. The standard InChI is InChI=1S/C23H20BrNO3/c1-25(19-7-3-2-4-8-19)23(27)21-9-5-6-10-22(21)28-16-20(26)15-17-11-13-18(24)14-12-17/h2-14H,15-16H2,1H3. The van der Waals surface area contributed by atoms with Crippen LogP contribution >= 0.6 is 15.9 Å². The molecule has 0 aliphatic carbocycles. The Morgan fingerprint density at radius 2 is 1.54 bits per heavy atom. The molecule has 0 heterocycles. The Kier molecular flexibility index (Phi) is 6.61. The van der Waals surface area contributed by atoms with Crippen LogP contribution in [0, 0.1) is 0 Å². The van der Waals surface area contributed by atoms with Crippen molar-refractivity contribution in [1.82, 2.24) is 0 Å². The highest BCUT2D eigenvalue weighted by molar-refractivity contribution is 9.10. The highest BCUT2D eigenvalue weighted by atomic mass is 79.9. The zero-order valence-corrected chi connectivity index (χ0v) is 17.1. The van der Waals surface area contributed by atoms with E-state index in [9.17, 15) is 9.59 Å². The topological polar surface area (TPSA) is 46.6 Å². The van der Waals surface area contributed by atoms with E-state index in [-0.39, 0.29) is 24.7 Å². The number of benzene rings is 3. The van der Waals surface area contributed by atoms with Crippen LogP contribution in [0.2, 0.25) is 0 Å². The minimum Gasteiger partial charge on any atom is -0.485 e. The van der Waals surface area contributed by atoms with Gasteiger partial charge in [-0.2, -0.15) is 0 Å². The maximum atomic E-state index is 12.9. The maximum absolute atomic E-state index is 12.9. The Hall–Kier alpha value is -2.92. The minimum absolute atomic E-state index is 0.0546. The zero-order valence-electron chi connectivity index (χ0n) is 15.5. The van der Waals surface area contributed by atoms with E-state index in [1.165, 1.54) is 0 Å². The summed E-state index contributed by atoms with van der Waals surface area (Å²) < 4.78 is 6.66. The fourth-order valence-corrected chi connectivity index (χ4v) is 3.02. The van der Waals surface area contributed by atoms with Crippen LogP contribution in [0.3, 0.4) is 0 Å². The quantitative estimate of drug-likeness (QED) is 0.527. The number of hydrogen-bond donors (Lipinski definition) is 0. The predicted octanol–water partition coefficient (Wildman–Crippen LogP) is 4.92. The van der Waals surface area contributed by atoms with Gasteiger partial charge in [0, 0.05) is 23.6 Å². The summed E-state index contributed by atoms with van der Waals surface area (Å²) in [4.78, 5) is 26.7. The van der Waals surface area contributed by atoms with Gasteiger partial charge in [0.2, 0.25) is 0 Å². The molecule has 4 nitrogen and oxygen atoms in total. The number of carbonyl (C=O) groups is 2. The summed E-state index contributed by atoms with van der Waals surface area (Å²) in [5.74, 6) is 0.155. The van der Waals surface area contributed by atoms with Crippen LogP contribution in [0.4, 0.5) is 5.69 Å². The second kappa shape index (κ2) is 9.33. The minimum atomic E-state index is -0.192. The number of ketones is 1. The van der Waals surface area contributed by atoms with Crippen molar-refractivity contribution >= 4 is 33.3 Å². The molecule has 0 aliphatic rings. The van der Waals surface area contributed by atoms with Gasteiger partial charge in [-0.05, 0) is 42.0 Å². The van der Waals surface area contributed by atoms with Gasteiger partial charge in [-0.15, -0.1) is 0 Å². The number of ether oxygens (including phenoxy) is 1. The molecule has 0 spiro atoms. The van der Waals surface area contributed by atoms with Crippen molar-refractivity contribution in [2.75, 3.05) is 18.6 Å². The second-order valence-electron chi connectivity index (χ2n) is 6.33. The fourth-order valence-electron chi connectivity index (χ4n) is 2.76. The lowest BCUT2D eigenvalue weighted by atomic mass is 10.1. The molecule has 0 radical (unpaired) electrons. The molecule has 28 heavy (non-hydrogen) atoms. The van der Waals surface area contributed by atoms with E-state index >= 15 is 0 Å². The van der Waals surface area contributed by atoms with E-state index in [1.807, 2.05) is 54.6 Å². The number of rotatable bonds is 7. The number of amides is 1. The summed E-state index contributed by atoms with van der Waals surface area (Å²) in [6, 6.07) is 24.0. The van der Waals surface area contributed by atoms with Gasteiger partial charge in [-0.25, -0.2) is 0 Å². The molecule has 3 aromatic carbocycles. The highest BCUT2D eigenvalue weighted by Crippen LogP contribution is 2.22. The average Bonchev–Trinajstić information content (AvgIpc) is 2.73. The molecule has 0 saturated carbocycles. The molecule has 0 aromatic heterocycles. The molecule has 5 heteroatoms. The van der Waals surface area contributed by atoms with Gasteiger partial charge in [0.05, 0.1) is 5.56 Å². The van der Waals surface area contributed by atoms with Gasteiger partial charge < -0.3 is 9.64 Å². The summed E-state index contributed by atoms with van der Waals surface area (Å²) in [5.41, 5.74) is 2.13. The second-order valence-corrected chi connectivity index (χ2v) is 7.24. The average molecular weight is 438 g/mol. The van der Waals surface area contributed by atoms with Gasteiger partial charge in [-0.1, -0.05) is 58.4 Å². The van der Waals surface area contributed by atoms with Crippen molar-refractivity contribution in [1.29, 1.82) is 0 Å². The molecular formula is C23H20BrNO3. The lowest BCUT2D eigenvalue weighted by Gasteiger charge is -2.19. The first-order chi connectivity index (χ1) is 13.5. The number of carbonyl (C=O) groups excluding carboxylic acids is 2. The summed E-state index contributed by atoms with van der Waals surface area (Å²) in [7, 11) is 1.72. The van der Waals surface area contributed by atoms with E-state index in [0.29, 0.717) is 11.3 Å². The van der Waals surface area contributed by atoms with Crippen molar-refractivity contribution in [2.24, 2.45) is 0 Å². The molecule has 3 rings (SSSR count). The van der Waals surface area contributed by atoms with Gasteiger partial charge in [0.15, 0.2) is 5.78 Å². The molecule has 142 valence electrons. The normalized spacial score (nSPS) is 10.4. The van der Waals surface area contributed by atoms with Gasteiger partial charge in [0.25, 0.3) is 5.91 Å². The molecule has 0 saturated heterocycles. The van der Waals surface area contributed by atoms with Crippen LogP contribution < -0.4 is 9.64 Å². The van der Waals surface area contributed by atoms with Crippen LogP contribution in [0.25, 0.3) is 0 Å². The van der Waals surface area contributed by atoms with Gasteiger partial charge >= 0.3 is 0 Å². The van der Waals surface area contributed by atoms with Crippen LogP contribution in [0.15, 0.2) is 83.3 Å². The monoisotopic (exact) mass is 437 g/mol. The van der Waals surface area contributed by atoms with Crippen molar-refractivity contribution < 1.29 is 14.3 Å².